The molecular weight excluding hydrogens is 200 g/mol. The van der Waals surface area contributed by atoms with Crippen molar-refractivity contribution in [2.24, 2.45) is 11.8 Å². The number of hydrogen-bond donors (Lipinski definition) is 1. The van der Waals surface area contributed by atoms with Gasteiger partial charge in [-0.25, -0.2) is 9.97 Å². The molecule has 2 unspecified atom stereocenters. The first-order valence-electron chi connectivity index (χ1n) is 5.75. The summed E-state index contributed by atoms with van der Waals surface area (Å²) in [6.07, 6.45) is 7.11. The van der Waals surface area contributed by atoms with E-state index in [1.165, 1.54) is 25.5 Å². The predicted octanol–water partition coefficient (Wildman–Crippen LogP) is 2.20. The lowest BCUT2D eigenvalue weighted by molar-refractivity contribution is 0.439. The number of anilines is 1. The predicted molar refractivity (Wildman–Crippen MR) is 61.7 cm³/mol. The number of nitriles is 1. The van der Waals surface area contributed by atoms with Crippen molar-refractivity contribution in [3.63, 3.8) is 0 Å². The maximum Gasteiger partial charge on any atom is 0.158 e. The van der Waals surface area contributed by atoms with E-state index in [1.54, 1.807) is 6.20 Å². The van der Waals surface area contributed by atoms with Gasteiger partial charge in [-0.15, -0.1) is 0 Å². The van der Waals surface area contributed by atoms with Gasteiger partial charge in [-0.3, -0.25) is 0 Å². The minimum absolute atomic E-state index is 0.361. The second kappa shape index (κ2) is 4.93. The quantitative estimate of drug-likeness (QED) is 0.841. The van der Waals surface area contributed by atoms with Gasteiger partial charge >= 0.3 is 0 Å². The van der Waals surface area contributed by atoms with Crippen LogP contribution in [0.5, 0.6) is 0 Å². The molecule has 0 radical (unpaired) electrons. The summed E-state index contributed by atoms with van der Waals surface area (Å²) >= 11 is 0. The Morgan fingerprint density at radius 1 is 1.44 bits per heavy atom. The number of rotatable bonds is 3. The fraction of sp³-hybridized carbons (Fsp3) is 0.583. The van der Waals surface area contributed by atoms with Gasteiger partial charge in [-0.05, 0) is 18.3 Å². The van der Waals surface area contributed by atoms with Crippen LogP contribution in [0.1, 0.15) is 31.9 Å². The summed E-state index contributed by atoms with van der Waals surface area (Å²) in [6.45, 7) is 3.27. The smallest absolute Gasteiger partial charge is 0.158 e. The van der Waals surface area contributed by atoms with Gasteiger partial charge in [0, 0.05) is 6.54 Å². The molecule has 1 aliphatic rings. The fourth-order valence-electron chi connectivity index (χ4n) is 2.24. The summed E-state index contributed by atoms with van der Waals surface area (Å²) in [5.41, 5.74) is 0.361. The lowest BCUT2D eigenvalue weighted by Gasteiger charge is -2.15. The highest BCUT2D eigenvalue weighted by Gasteiger charge is 2.22. The molecule has 0 amide bonds. The molecule has 84 valence electrons. The third-order valence-electron chi connectivity index (χ3n) is 3.35. The van der Waals surface area contributed by atoms with E-state index in [0.29, 0.717) is 5.69 Å². The monoisotopic (exact) mass is 216 g/mol. The minimum atomic E-state index is 0.361. The molecule has 0 aromatic carbocycles. The van der Waals surface area contributed by atoms with Crippen LogP contribution in [0.4, 0.5) is 5.82 Å². The highest BCUT2D eigenvalue weighted by Crippen LogP contribution is 2.30. The largest absolute Gasteiger partial charge is 0.369 e. The molecule has 2 atom stereocenters. The third kappa shape index (κ3) is 2.48. The molecule has 1 fully saturated rings. The average molecular weight is 216 g/mol. The van der Waals surface area contributed by atoms with E-state index in [1.807, 2.05) is 6.07 Å². The first kappa shape index (κ1) is 10.9. The highest BCUT2D eigenvalue weighted by molar-refractivity contribution is 5.33. The Balaban J connectivity index is 1.87. The maximum atomic E-state index is 8.59. The zero-order valence-electron chi connectivity index (χ0n) is 9.48. The Kier molecular flexibility index (Phi) is 3.35. The van der Waals surface area contributed by atoms with Gasteiger partial charge in [0.2, 0.25) is 0 Å². The second-order valence-electron chi connectivity index (χ2n) is 4.45. The van der Waals surface area contributed by atoms with Crippen molar-refractivity contribution in [3.8, 4) is 6.07 Å². The lowest BCUT2D eigenvalue weighted by atomic mass is 9.98. The SMILES string of the molecule is CC1CCCC1CNc1cnc(C#N)cn1. The molecule has 4 heteroatoms. The Morgan fingerprint density at radius 2 is 2.31 bits per heavy atom. The van der Waals surface area contributed by atoms with Crippen LogP contribution in [-0.4, -0.2) is 16.5 Å². The molecule has 1 aromatic rings. The normalized spacial score (nSPS) is 24.0. The van der Waals surface area contributed by atoms with Gasteiger partial charge in [0.25, 0.3) is 0 Å². The highest BCUT2D eigenvalue weighted by atomic mass is 15.0. The molecule has 16 heavy (non-hydrogen) atoms. The van der Waals surface area contributed by atoms with E-state index in [2.05, 4.69) is 22.2 Å². The Morgan fingerprint density at radius 3 is 2.88 bits per heavy atom. The van der Waals surface area contributed by atoms with Gasteiger partial charge < -0.3 is 5.32 Å². The van der Waals surface area contributed by atoms with Crippen molar-refractivity contribution >= 4 is 5.82 Å². The maximum absolute atomic E-state index is 8.59. The molecule has 1 saturated carbocycles. The summed E-state index contributed by atoms with van der Waals surface area (Å²) < 4.78 is 0. The number of aromatic nitrogens is 2. The van der Waals surface area contributed by atoms with Crippen LogP contribution >= 0.6 is 0 Å². The van der Waals surface area contributed by atoms with Crippen LogP contribution < -0.4 is 5.32 Å². The van der Waals surface area contributed by atoms with E-state index >= 15 is 0 Å². The second-order valence-corrected chi connectivity index (χ2v) is 4.45. The van der Waals surface area contributed by atoms with Crippen molar-refractivity contribution in [1.29, 1.82) is 5.26 Å². The van der Waals surface area contributed by atoms with Gasteiger partial charge in [0.05, 0.1) is 12.4 Å². The summed E-state index contributed by atoms with van der Waals surface area (Å²) in [7, 11) is 0. The first-order valence-corrected chi connectivity index (χ1v) is 5.75. The standard InChI is InChI=1S/C12H16N4/c1-9-3-2-4-10(9)6-15-12-8-14-11(5-13)7-16-12/h7-10H,2-4,6H2,1H3,(H,15,16). The molecule has 0 aliphatic heterocycles. The number of hydrogen-bond acceptors (Lipinski definition) is 4. The molecule has 4 nitrogen and oxygen atoms in total. The van der Waals surface area contributed by atoms with Crippen LogP contribution in [0, 0.1) is 23.2 Å². The topological polar surface area (TPSA) is 61.6 Å². The molecular formula is C12H16N4. The Bertz CT molecular complexity index is 379. The van der Waals surface area contributed by atoms with Crippen molar-refractivity contribution in [2.45, 2.75) is 26.2 Å². The van der Waals surface area contributed by atoms with Crippen molar-refractivity contribution in [1.82, 2.24) is 9.97 Å². The van der Waals surface area contributed by atoms with Crippen LogP contribution in [0.3, 0.4) is 0 Å². The van der Waals surface area contributed by atoms with Crippen LogP contribution in [-0.2, 0) is 0 Å². The van der Waals surface area contributed by atoms with E-state index in [0.717, 1.165) is 24.2 Å². The van der Waals surface area contributed by atoms with E-state index in [-0.39, 0.29) is 0 Å². The van der Waals surface area contributed by atoms with Crippen LogP contribution in [0.2, 0.25) is 0 Å². The fourth-order valence-corrected chi connectivity index (χ4v) is 2.24. The molecule has 1 N–H and O–H groups in total. The zero-order chi connectivity index (χ0) is 11.4. The van der Waals surface area contributed by atoms with Gasteiger partial charge in [0.15, 0.2) is 5.69 Å². The minimum Gasteiger partial charge on any atom is -0.369 e. The summed E-state index contributed by atoms with van der Waals surface area (Å²) in [5.74, 6) is 2.31. The third-order valence-corrected chi connectivity index (χ3v) is 3.35. The van der Waals surface area contributed by atoms with Crippen molar-refractivity contribution in [2.75, 3.05) is 11.9 Å². The molecule has 1 aromatic heterocycles. The molecule has 2 rings (SSSR count). The average Bonchev–Trinajstić information content (AvgIpc) is 2.73. The van der Waals surface area contributed by atoms with Crippen LogP contribution in [0.15, 0.2) is 12.4 Å². The molecule has 0 spiro atoms. The zero-order valence-corrected chi connectivity index (χ0v) is 9.48. The van der Waals surface area contributed by atoms with Crippen LogP contribution in [0.25, 0.3) is 0 Å². The van der Waals surface area contributed by atoms with Gasteiger partial charge in [0.1, 0.15) is 11.9 Å². The molecule has 1 heterocycles. The van der Waals surface area contributed by atoms with E-state index < -0.39 is 0 Å². The number of nitrogens with one attached hydrogen (secondary N) is 1. The molecule has 0 bridgehead atoms. The van der Waals surface area contributed by atoms with E-state index in [9.17, 15) is 0 Å². The van der Waals surface area contributed by atoms with Crippen molar-refractivity contribution in [3.05, 3.63) is 18.1 Å². The summed E-state index contributed by atoms with van der Waals surface area (Å²) in [4.78, 5) is 8.11. The van der Waals surface area contributed by atoms with Gasteiger partial charge in [-0.1, -0.05) is 19.8 Å². The summed E-state index contributed by atoms with van der Waals surface area (Å²) in [5, 5.41) is 11.9. The Hall–Kier alpha value is -1.63. The first-order chi connectivity index (χ1) is 7.79. The Labute approximate surface area is 95.7 Å². The molecule has 1 aliphatic carbocycles. The van der Waals surface area contributed by atoms with E-state index in [4.69, 9.17) is 5.26 Å². The van der Waals surface area contributed by atoms with Gasteiger partial charge in [-0.2, -0.15) is 5.26 Å². The molecule has 0 saturated heterocycles. The van der Waals surface area contributed by atoms with Crippen molar-refractivity contribution < 1.29 is 0 Å². The summed E-state index contributed by atoms with van der Waals surface area (Å²) in [6, 6.07) is 1.96. The number of nitrogens with zero attached hydrogens (tertiary/aromatic N) is 3. The lowest BCUT2D eigenvalue weighted by Crippen LogP contribution is -2.17.